The number of carbonyl (C=O) groups excluding carboxylic acids is 2. The topological polar surface area (TPSA) is 124 Å². The summed E-state index contributed by atoms with van der Waals surface area (Å²) in [6, 6.07) is 11.4. The molecule has 1 amide bonds. The Kier molecular flexibility index (Phi) is 6.53. The summed E-state index contributed by atoms with van der Waals surface area (Å²) in [5.41, 5.74) is 7.46. The lowest BCUT2D eigenvalue weighted by Crippen LogP contribution is -2.47. The van der Waals surface area contributed by atoms with Gasteiger partial charge in [0, 0.05) is 5.56 Å². The number of amides is 1. The first-order valence-corrected chi connectivity index (χ1v) is 10.2. The van der Waals surface area contributed by atoms with Crippen LogP contribution in [0.5, 0.6) is 11.5 Å². The van der Waals surface area contributed by atoms with Gasteiger partial charge in [0.1, 0.15) is 23.7 Å². The maximum atomic E-state index is 12.5. The van der Waals surface area contributed by atoms with Gasteiger partial charge in [-0.05, 0) is 58.0 Å². The lowest BCUT2D eigenvalue weighted by Gasteiger charge is -2.27. The van der Waals surface area contributed by atoms with Crippen molar-refractivity contribution in [3.05, 3.63) is 59.3 Å². The van der Waals surface area contributed by atoms with E-state index in [1.807, 2.05) is 13.8 Å². The maximum absolute atomic E-state index is 12.5. The predicted octanol–water partition coefficient (Wildman–Crippen LogP) is 3.60. The van der Waals surface area contributed by atoms with Gasteiger partial charge < -0.3 is 25.6 Å². The number of esters is 1. The smallest absolute Gasteiger partial charge is 0.342 e. The zero-order valence-electron chi connectivity index (χ0n) is 18.6. The zero-order valence-corrected chi connectivity index (χ0v) is 18.6. The number of nitrogens with two attached hydrogens (primary N) is 1. The monoisotopic (exact) mass is 437 g/mol. The third-order valence-electron chi connectivity index (χ3n) is 4.82. The molecular weight excluding hydrogens is 410 g/mol. The van der Waals surface area contributed by atoms with Crippen LogP contribution in [0.1, 0.15) is 47.2 Å². The summed E-state index contributed by atoms with van der Waals surface area (Å²) in [7, 11) is 0. The second kappa shape index (κ2) is 9.13. The van der Waals surface area contributed by atoms with Crippen LogP contribution in [0.25, 0.3) is 10.9 Å². The fourth-order valence-corrected chi connectivity index (χ4v) is 3.34. The second-order valence-corrected chi connectivity index (χ2v) is 8.03. The zero-order chi connectivity index (χ0) is 23.5. The molecular formula is C24H27N3O5. The number of aromatic nitrogens is 1. The number of benzene rings is 2. The molecule has 0 fully saturated rings. The van der Waals surface area contributed by atoms with Crippen LogP contribution in [0.2, 0.25) is 0 Å². The number of nitrogen functional groups attached to an aromatic ring is 1. The highest BCUT2D eigenvalue weighted by atomic mass is 16.5. The Morgan fingerprint density at radius 2 is 1.91 bits per heavy atom. The average Bonchev–Trinajstić information content (AvgIpc) is 2.72. The van der Waals surface area contributed by atoms with Crippen LogP contribution in [0.15, 0.2) is 42.5 Å². The Bertz CT molecular complexity index is 1170. The molecule has 8 nitrogen and oxygen atoms in total. The van der Waals surface area contributed by atoms with Crippen molar-refractivity contribution in [3.63, 3.8) is 0 Å². The van der Waals surface area contributed by atoms with Gasteiger partial charge in [0.2, 0.25) is 0 Å². The summed E-state index contributed by atoms with van der Waals surface area (Å²) in [5.74, 6) is -0.421. The molecule has 1 heterocycles. The molecule has 1 aromatic heterocycles. The molecule has 0 atom stereocenters. The van der Waals surface area contributed by atoms with Crippen molar-refractivity contribution in [1.82, 2.24) is 10.3 Å². The number of ether oxygens (including phenoxy) is 2. The standard InChI is InChI=1S/C24H27N3O5/c1-5-31-23(30)19-14(2)26-17-10-7-11-18(20(17)21(19)25)32-13-24(3,4)27-22(29)15-8-6-9-16(28)12-15/h6-12,28H,5,13H2,1-4H3,(H2,25,26)(H,27,29). The molecule has 0 aliphatic heterocycles. The lowest BCUT2D eigenvalue weighted by atomic mass is 10.0. The summed E-state index contributed by atoms with van der Waals surface area (Å²) in [6.45, 7) is 7.40. The minimum absolute atomic E-state index is 0.0122. The Morgan fingerprint density at radius 1 is 1.19 bits per heavy atom. The highest BCUT2D eigenvalue weighted by Crippen LogP contribution is 2.34. The number of carbonyl (C=O) groups is 2. The van der Waals surface area contributed by atoms with Crippen LogP contribution in [-0.4, -0.2) is 40.7 Å². The van der Waals surface area contributed by atoms with Crippen molar-refractivity contribution in [2.45, 2.75) is 33.2 Å². The first kappa shape index (κ1) is 22.9. The van der Waals surface area contributed by atoms with Crippen LogP contribution in [0.3, 0.4) is 0 Å². The Morgan fingerprint density at radius 3 is 2.59 bits per heavy atom. The fourth-order valence-electron chi connectivity index (χ4n) is 3.34. The van der Waals surface area contributed by atoms with Gasteiger partial charge in [0.05, 0.1) is 34.4 Å². The van der Waals surface area contributed by atoms with Gasteiger partial charge in [-0.15, -0.1) is 0 Å². The number of rotatable bonds is 7. The van der Waals surface area contributed by atoms with Crippen LogP contribution in [0, 0.1) is 6.92 Å². The molecule has 3 rings (SSSR count). The Hall–Kier alpha value is -3.81. The molecule has 0 aliphatic carbocycles. The van der Waals surface area contributed by atoms with E-state index in [1.54, 1.807) is 44.2 Å². The largest absolute Gasteiger partial charge is 0.508 e. The van der Waals surface area contributed by atoms with Gasteiger partial charge >= 0.3 is 5.97 Å². The molecule has 8 heteroatoms. The molecule has 0 radical (unpaired) electrons. The molecule has 168 valence electrons. The van der Waals surface area contributed by atoms with Gasteiger partial charge in [-0.2, -0.15) is 0 Å². The van der Waals surface area contributed by atoms with Gasteiger partial charge in [-0.3, -0.25) is 9.78 Å². The minimum atomic E-state index is -0.748. The predicted molar refractivity (Wildman–Crippen MR) is 122 cm³/mol. The molecule has 0 unspecified atom stereocenters. The second-order valence-electron chi connectivity index (χ2n) is 8.03. The summed E-state index contributed by atoms with van der Waals surface area (Å²) in [4.78, 5) is 29.4. The molecule has 0 saturated carbocycles. The third kappa shape index (κ3) is 4.91. The number of aromatic hydroxyl groups is 1. The van der Waals surface area contributed by atoms with E-state index in [9.17, 15) is 14.7 Å². The molecule has 32 heavy (non-hydrogen) atoms. The van der Waals surface area contributed by atoms with Crippen LogP contribution >= 0.6 is 0 Å². The van der Waals surface area contributed by atoms with E-state index in [0.29, 0.717) is 27.9 Å². The molecule has 4 N–H and O–H groups in total. The SMILES string of the molecule is CCOC(=O)c1c(C)nc2cccc(OCC(C)(C)NC(=O)c3cccc(O)c3)c2c1N. The van der Waals surface area contributed by atoms with E-state index in [1.165, 1.54) is 12.1 Å². The summed E-state index contributed by atoms with van der Waals surface area (Å²) < 4.78 is 11.1. The van der Waals surface area contributed by atoms with E-state index >= 15 is 0 Å². The maximum Gasteiger partial charge on any atom is 0.342 e. The van der Waals surface area contributed by atoms with Gasteiger partial charge in [0.15, 0.2) is 0 Å². The Labute approximate surface area is 186 Å². The van der Waals surface area contributed by atoms with Crippen molar-refractivity contribution in [1.29, 1.82) is 0 Å². The van der Waals surface area contributed by atoms with Crippen molar-refractivity contribution in [2.75, 3.05) is 18.9 Å². The molecule has 0 saturated heterocycles. The average molecular weight is 437 g/mol. The van der Waals surface area contributed by atoms with E-state index in [0.717, 1.165) is 0 Å². The normalized spacial score (nSPS) is 11.2. The van der Waals surface area contributed by atoms with Gasteiger partial charge in [-0.25, -0.2) is 4.79 Å². The first-order valence-electron chi connectivity index (χ1n) is 10.2. The van der Waals surface area contributed by atoms with Crippen molar-refractivity contribution in [2.24, 2.45) is 0 Å². The molecule has 2 aromatic carbocycles. The molecule has 0 spiro atoms. The number of nitrogens with zero attached hydrogens (tertiary/aromatic N) is 1. The molecule has 0 aliphatic rings. The quantitative estimate of drug-likeness (QED) is 0.483. The number of hydrogen-bond acceptors (Lipinski definition) is 7. The van der Waals surface area contributed by atoms with Crippen molar-refractivity contribution >= 4 is 28.5 Å². The third-order valence-corrected chi connectivity index (χ3v) is 4.82. The highest BCUT2D eigenvalue weighted by molar-refractivity contribution is 6.07. The number of hydrogen-bond donors (Lipinski definition) is 3. The van der Waals surface area contributed by atoms with Crippen molar-refractivity contribution < 1.29 is 24.2 Å². The summed E-state index contributed by atoms with van der Waals surface area (Å²) in [5, 5.41) is 13.0. The highest BCUT2D eigenvalue weighted by Gasteiger charge is 2.25. The minimum Gasteiger partial charge on any atom is -0.508 e. The summed E-state index contributed by atoms with van der Waals surface area (Å²) in [6.07, 6.45) is 0. The van der Waals surface area contributed by atoms with E-state index < -0.39 is 11.5 Å². The molecule has 0 bridgehead atoms. The fraction of sp³-hybridized carbons (Fsp3) is 0.292. The van der Waals surface area contributed by atoms with E-state index in [4.69, 9.17) is 15.2 Å². The summed E-state index contributed by atoms with van der Waals surface area (Å²) >= 11 is 0. The number of fused-ring (bicyclic) bond motifs is 1. The number of phenols is 1. The number of aryl methyl sites for hydroxylation is 1. The van der Waals surface area contributed by atoms with E-state index in [-0.39, 0.29) is 36.1 Å². The number of pyridine rings is 1. The Balaban J connectivity index is 1.86. The van der Waals surface area contributed by atoms with Gasteiger partial charge in [0.25, 0.3) is 5.91 Å². The lowest BCUT2D eigenvalue weighted by molar-refractivity contribution is 0.0526. The molecule has 3 aromatic rings. The van der Waals surface area contributed by atoms with Crippen LogP contribution in [0.4, 0.5) is 5.69 Å². The van der Waals surface area contributed by atoms with E-state index in [2.05, 4.69) is 10.3 Å². The van der Waals surface area contributed by atoms with Crippen LogP contribution < -0.4 is 15.8 Å². The van der Waals surface area contributed by atoms with Gasteiger partial charge in [-0.1, -0.05) is 12.1 Å². The number of nitrogens with one attached hydrogen (secondary N) is 1. The number of anilines is 1. The van der Waals surface area contributed by atoms with Crippen LogP contribution in [-0.2, 0) is 4.74 Å². The van der Waals surface area contributed by atoms with Crippen molar-refractivity contribution in [3.8, 4) is 11.5 Å². The first-order chi connectivity index (χ1) is 15.1. The number of phenolic OH excluding ortho intramolecular Hbond substituents is 1.